The Morgan fingerprint density at radius 1 is 1.15 bits per heavy atom. The van der Waals surface area contributed by atoms with Gasteiger partial charge in [-0.25, -0.2) is 5.01 Å². The monoisotopic (exact) mass is 368 g/mol. The van der Waals surface area contributed by atoms with Crippen LogP contribution >= 0.6 is 0 Å². The molecule has 0 saturated carbocycles. The van der Waals surface area contributed by atoms with Gasteiger partial charge in [-0.1, -0.05) is 26.7 Å². The second-order valence-corrected chi connectivity index (χ2v) is 6.99. The third kappa shape index (κ3) is 4.54. The molecule has 148 valence electrons. The van der Waals surface area contributed by atoms with E-state index in [2.05, 4.69) is 6.92 Å². The second-order valence-electron chi connectivity index (χ2n) is 6.99. The minimum Gasteiger partial charge on any atom is -0.381 e. The molecule has 3 amide bonds. The van der Waals surface area contributed by atoms with Crippen LogP contribution in [0.2, 0.25) is 0 Å². The molecule has 2 saturated heterocycles. The lowest BCUT2D eigenvalue weighted by Crippen LogP contribution is -2.74. The largest absolute Gasteiger partial charge is 0.381 e. The Morgan fingerprint density at radius 3 is 2.54 bits per heavy atom. The number of hydrogen-bond acceptors (Lipinski definition) is 5. The average Bonchev–Trinajstić information content (AvgIpc) is 2.61. The molecule has 0 N–H and O–H groups in total. The van der Waals surface area contributed by atoms with Crippen molar-refractivity contribution in [3.05, 3.63) is 0 Å². The highest BCUT2D eigenvalue weighted by atomic mass is 16.5. The van der Waals surface area contributed by atoms with Gasteiger partial charge >= 0.3 is 0 Å². The van der Waals surface area contributed by atoms with Crippen LogP contribution in [0, 0.1) is 0 Å². The van der Waals surface area contributed by atoms with Gasteiger partial charge in [0, 0.05) is 26.8 Å². The molecule has 0 aliphatic carbocycles. The van der Waals surface area contributed by atoms with Gasteiger partial charge in [0.1, 0.15) is 12.2 Å². The number of ether oxygens (including phenoxy) is 1. The van der Waals surface area contributed by atoms with E-state index < -0.39 is 12.2 Å². The number of likely N-dealkylation sites (N-methyl/N-ethyl adjacent to an activating group) is 1. The van der Waals surface area contributed by atoms with Crippen molar-refractivity contribution >= 4 is 18.2 Å². The van der Waals surface area contributed by atoms with Gasteiger partial charge in [0.05, 0.1) is 13.1 Å². The number of carbonyl (C=O) groups is 3. The van der Waals surface area contributed by atoms with E-state index in [1.54, 1.807) is 21.9 Å². The molecule has 2 aliphatic rings. The molecular formula is C18H32N4O4. The van der Waals surface area contributed by atoms with Crippen LogP contribution in [0.15, 0.2) is 0 Å². The average molecular weight is 368 g/mol. The van der Waals surface area contributed by atoms with Crippen LogP contribution in [0.4, 0.5) is 0 Å². The van der Waals surface area contributed by atoms with E-state index in [0.29, 0.717) is 26.1 Å². The summed E-state index contributed by atoms with van der Waals surface area (Å²) in [6.07, 6.45) is 4.64. The number of fused-ring (bicyclic) bond motifs is 1. The zero-order chi connectivity index (χ0) is 19.1. The Morgan fingerprint density at radius 2 is 1.88 bits per heavy atom. The standard InChI is InChI=1S/C18H32N4O4/c1-4-6-10-26-11-7-9-20-12-16-21(14-23)19(3)13-17(24)22(16)15(8-5-2)18(20)25/h14-16H,4-13H2,1-3H3/t15-,16?/m0/s1. The van der Waals surface area contributed by atoms with Gasteiger partial charge in [-0.15, -0.1) is 0 Å². The lowest BCUT2D eigenvalue weighted by atomic mass is 10.0. The molecule has 2 aliphatic heterocycles. The summed E-state index contributed by atoms with van der Waals surface area (Å²) in [6, 6.07) is -0.483. The van der Waals surface area contributed by atoms with E-state index in [0.717, 1.165) is 38.7 Å². The van der Waals surface area contributed by atoms with Crippen LogP contribution < -0.4 is 0 Å². The van der Waals surface area contributed by atoms with Crippen LogP contribution in [-0.2, 0) is 19.1 Å². The first-order valence-corrected chi connectivity index (χ1v) is 9.67. The van der Waals surface area contributed by atoms with E-state index >= 15 is 0 Å². The summed E-state index contributed by atoms with van der Waals surface area (Å²) in [5.74, 6) is -0.106. The predicted octanol–water partition coefficient (Wildman–Crippen LogP) is 0.678. The fourth-order valence-corrected chi connectivity index (χ4v) is 3.64. The smallest absolute Gasteiger partial charge is 0.245 e. The fourth-order valence-electron chi connectivity index (χ4n) is 3.64. The van der Waals surface area contributed by atoms with Crippen molar-refractivity contribution in [3.8, 4) is 0 Å². The molecule has 26 heavy (non-hydrogen) atoms. The quantitative estimate of drug-likeness (QED) is 0.419. The second kappa shape index (κ2) is 9.87. The first-order valence-electron chi connectivity index (χ1n) is 9.67. The Labute approximate surface area is 156 Å². The van der Waals surface area contributed by atoms with Crippen molar-refractivity contribution < 1.29 is 19.1 Å². The number of unbranched alkanes of at least 4 members (excludes halogenated alkanes) is 1. The molecule has 8 heteroatoms. The Hall–Kier alpha value is -1.67. The Balaban J connectivity index is 2.05. The van der Waals surface area contributed by atoms with Crippen LogP contribution in [-0.4, -0.2) is 90.1 Å². The highest BCUT2D eigenvalue weighted by molar-refractivity contribution is 5.90. The lowest BCUT2D eigenvalue weighted by molar-refractivity contribution is -0.196. The zero-order valence-electron chi connectivity index (χ0n) is 16.2. The molecule has 8 nitrogen and oxygen atoms in total. The van der Waals surface area contributed by atoms with Crippen molar-refractivity contribution in [2.24, 2.45) is 0 Å². The molecule has 2 heterocycles. The number of carbonyl (C=O) groups excluding carboxylic acids is 3. The van der Waals surface area contributed by atoms with E-state index in [4.69, 9.17) is 4.74 Å². The van der Waals surface area contributed by atoms with Crippen molar-refractivity contribution in [3.63, 3.8) is 0 Å². The van der Waals surface area contributed by atoms with Crippen LogP contribution in [0.5, 0.6) is 0 Å². The molecule has 0 aromatic carbocycles. The molecular weight excluding hydrogens is 336 g/mol. The summed E-state index contributed by atoms with van der Waals surface area (Å²) in [4.78, 5) is 40.5. The van der Waals surface area contributed by atoms with Gasteiger partial charge in [-0.2, -0.15) is 0 Å². The molecule has 1 unspecified atom stereocenters. The highest BCUT2D eigenvalue weighted by Crippen LogP contribution is 2.26. The van der Waals surface area contributed by atoms with Crippen molar-refractivity contribution in [2.75, 3.05) is 39.9 Å². The van der Waals surface area contributed by atoms with Crippen molar-refractivity contribution in [1.82, 2.24) is 19.8 Å². The summed E-state index contributed by atoms with van der Waals surface area (Å²) >= 11 is 0. The summed E-state index contributed by atoms with van der Waals surface area (Å²) < 4.78 is 5.58. The summed E-state index contributed by atoms with van der Waals surface area (Å²) in [5.41, 5.74) is 0. The maximum atomic E-state index is 12.9. The van der Waals surface area contributed by atoms with Gasteiger partial charge in [-0.05, 0) is 19.3 Å². The summed E-state index contributed by atoms with van der Waals surface area (Å²) in [7, 11) is 1.72. The SMILES string of the molecule is CCCCOCCCN1CC2N(C(=O)CN(C)N2C=O)[C@@H](CCC)C1=O. The minimum absolute atomic E-state index is 0.0135. The molecule has 2 atom stereocenters. The Bertz CT molecular complexity index is 502. The number of nitrogens with zero attached hydrogens (tertiary/aromatic N) is 4. The van der Waals surface area contributed by atoms with E-state index in [1.165, 1.54) is 5.01 Å². The minimum atomic E-state index is -0.483. The highest BCUT2D eigenvalue weighted by Gasteiger charge is 2.48. The fraction of sp³-hybridized carbons (Fsp3) is 0.833. The van der Waals surface area contributed by atoms with Crippen molar-refractivity contribution in [1.29, 1.82) is 0 Å². The maximum absolute atomic E-state index is 12.9. The molecule has 0 spiro atoms. The number of rotatable bonds is 10. The molecule has 0 aromatic rings. The molecule has 0 radical (unpaired) electrons. The first-order chi connectivity index (χ1) is 12.5. The first kappa shape index (κ1) is 20.6. The van der Waals surface area contributed by atoms with E-state index in [1.807, 2.05) is 6.92 Å². The van der Waals surface area contributed by atoms with Crippen LogP contribution in [0.3, 0.4) is 0 Å². The topological polar surface area (TPSA) is 73.4 Å². The molecule has 0 bridgehead atoms. The van der Waals surface area contributed by atoms with Gasteiger partial charge < -0.3 is 14.5 Å². The summed E-state index contributed by atoms with van der Waals surface area (Å²) in [6.45, 7) is 6.54. The predicted molar refractivity (Wildman–Crippen MR) is 96.8 cm³/mol. The molecule has 2 fully saturated rings. The third-order valence-corrected chi connectivity index (χ3v) is 5.02. The molecule has 0 aromatic heterocycles. The zero-order valence-corrected chi connectivity index (χ0v) is 16.2. The summed E-state index contributed by atoms with van der Waals surface area (Å²) in [5, 5.41) is 3.16. The molecule has 2 rings (SSSR count). The van der Waals surface area contributed by atoms with Gasteiger partial charge in [0.15, 0.2) is 0 Å². The van der Waals surface area contributed by atoms with Gasteiger partial charge in [0.2, 0.25) is 18.2 Å². The maximum Gasteiger partial charge on any atom is 0.245 e. The number of amides is 3. The number of hydrazine groups is 1. The number of hydrogen-bond donors (Lipinski definition) is 0. The van der Waals surface area contributed by atoms with E-state index in [9.17, 15) is 14.4 Å². The lowest BCUT2D eigenvalue weighted by Gasteiger charge is -2.53. The normalized spacial score (nSPS) is 24.2. The van der Waals surface area contributed by atoms with Gasteiger partial charge in [0.25, 0.3) is 0 Å². The third-order valence-electron chi connectivity index (χ3n) is 5.02. The number of piperazine rings is 1. The van der Waals surface area contributed by atoms with Crippen LogP contribution in [0.25, 0.3) is 0 Å². The van der Waals surface area contributed by atoms with E-state index in [-0.39, 0.29) is 18.4 Å². The van der Waals surface area contributed by atoms with Crippen molar-refractivity contribution in [2.45, 2.75) is 58.2 Å². The van der Waals surface area contributed by atoms with Crippen LogP contribution in [0.1, 0.15) is 46.0 Å². The van der Waals surface area contributed by atoms with Gasteiger partial charge in [-0.3, -0.25) is 19.4 Å². The Kier molecular flexibility index (Phi) is 7.84.